The van der Waals surface area contributed by atoms with Crippen molar-refractivity contribution in [2.75, 3.05) is 25.9 Å². The molecule has 0 bridgehead atoms. The summed E-state index contributed by atoms with van der Waals surface area (Å²) in [6.45, 7) is 4.60. The van der Waals surface area contributed by atoms with Crippen LogP contribution in [0.3, 0.4) is 0 Å². The summed E-state index contributed by atoms with van der Waals surface area (Å²) < 4.78 is 0. The zero-order chi connectivity index (χ0) is 7.82. The van der Waals surface area contributed by atoms with Gasteiger partial charge in [0.15, 0.2) is 0 Å². The van der Waals surface area contributed by atoms with Crippen LogP contribution in [-0.2, 0) is 0 Å². The molecular weight excluding hydrogens is 142 g/mol. The van der Waals surface area contributed by atoms with Crippen molar-refractivity contribution in [2.45, 2.75) is 26.2 Å². The van der Waals surface area contributed by atoms with Gasteiger partial charge in [-0.1, -0.05) is 13.3 Å². The molecule has 0 atom stereocenters. The van der Waals surface area contributed by atoms with Gasteiger partial charge in [-0.15, -0.1) is 0 Å². The summed E-state index contributed by atoms with van der Waals surface area (Å²) in [6.07, 6.45) is 3.92. The van der Waals surface area contributed by atoms with Crippen LogP contribution in [-0.4, -0.2) is 30.8 Å². The molecule has 0 saturated heterocycles. The second-order valence-electron chi connectivity index (χ2n) is 2.68. The number of rotatable bonds is 6. The van der Waals surface area contributed by atoms with Gasteiger partial charge in [0.05, 0.1) is 0 Å². The number of hydrogen-bond acceptors (Lipinski definition) is 2. The Balaban J connectivity index is 2.89. The summed E-state index contributed by atoms with van der Waals surface area (Å²) >= 11 is 4.15. The highest BCUT2D eigenvalue weighted by Crippen LogP contribution is 1.97. The van der Waals surface area contributed by atoms with Gasteiger partial charge in [0.1, 0.15) is 0 Å². The quantitative estimate of drug-likeness (QED) is 0.461. The first-order valence-corrected chi connectivity index (χ1v) is 4.74. The van der Waals surface area contributed by atoms with E-state index in [1.54, 1.807) is 0 Å². The fraction of sp³-hybridized carbons (Fsp3) is 1.00. The van der Waals surface area contributed by atoms with Crippen LogP contribution in [0.5, 0.6) is 0 Å². The van der Waals surface area contributed by atoms with E-state index in [0.29, 0.717) is 0 Å². The Morgan fingerprint density at radius 3 is 2.40 bits per heavy atom. The van der Waals surface area contributed by atoms with Crippen LogP contribution in [0.25, 0.3) is 0 Å². The van der Waals surface area contributed by atoms with Gasteiger partial charge in [-0.05, 0) is 38.7 Å². The molecule has 0 aromatic heterocycles. The van der Waals surface area contributed by atoms with Crippen molar-refractivity contribution in [3.8, 4) is 0 Å². The Hall–Kier alpha value is 0.310. The van der Waals surface area contributed by atoms with Gasteiger partial charge in [-0.25, -0.2) is 0 Å². The van der Waals surface area contributed by atoms with Crippen molar-refractivity contribution in [3.05, 3.63) is 0 Å². The molecule has 0 aliphatic heterocycles. The van der Waals surface area contributed by atoms with Gasteiger partial charge < -0.3 is 4.90 Å². The second-order valence-corrected chi connectivity index (χ2v) is 3.13. The molecule has 0 aromatic rings. The van der Waals surface area contributed by atoms with E-state index in [1.807, 2.05) is 0 Å². The van der Waals surface area contributed by atoms with E-state index >= 15 is 0 Å². The minimum absolute atomic E-state index is 1.04. The van der Waals surface area contributed by atoms with Gasteiger partial charge in [0.2, 0.25) is 0 Å². The van der Waals surface area contributed by atoms with Gasteiger partial charge in [-0.3, -0.25) is 0 Å². The van der Waals surface area contributed by atoms with Crippen LogP contribution in [0, 0.1) is 0 Å². The maximum absolute atomic E-state index is 4.15. The molecule has 1 nitrogen and oxygen atoms in total. The number of thiol groups is 1. The molecule has 62 valence electrons. The van der Waals surface area contributed by atoms with Crippen LogP contribution >= 0.6 is 12.6 Å². The molecule has 0 radical (unpaired) electrons. The molecule has 0 rings (SSSR count). The summed E-state index contributed by atoms with van der Waals surface area (Å²) in [5, 5.41) is 0. The first kappa shape index (κ1) is 10.3. The molecule has 10 heavy (non-hydrogen) atoms. The minimum atomic E-state index is 1.04. The molecule has 0 aromatic carbocycles. The normalized spacial score (nSPS) is 10.8. The maximum atomic E-state index is 4.15. The molecule has 0 heterocycles. The fourth-order valence-corrected chi connectivity index (χ4v) is 1.05. The molecule has 0 saturated carbocycles. The van der Waals surface area contributed by atoms with Crippen molar-refractivity contribution >= 4 is 12.6 Å². The van der Waals surface area contributed by atoms with Gasteiger partial charge in [0, 0.05) is 0 Å². The highest BCUT2D eigenvalue weighted by atomic mass is 32.1. The summed E-state index contributed by atoms with van der Waals surface area (Å²) in [7, 11) is 2.17. The van der Waals surface area contributed by atoms with E-state index in [-0.39, 0.29) is 0 Å². The number of unbranched alkanes of at least 4 members (excludes halogenated alkanes) is 2. The van der Waals surface area contributed by atoms with Crippen LogP contribution in [0.2, 0.25) is 0 Å². The largest absolute Gasteiger partial charge is 0.307 e. The number of hydrogen-bond donors (Lipinski definition) is 1. The zero-order valence-electron chi connectivity index (χ0n) is 7.14. The van der Waals surface area contributed by atoms with Crippen molar-refractivity contribution < 1.29 is 0 Å². The van der Waals surface area contributed by atoms with Crippen molar-refractivity contribution in [1.29, 1.82) is 0 Å². The van der Waals surface area contributed by atoms with Crippen LogP contribution < -0.4 is 0 Å². The average molecular weight is 161 g/mol. The summed E-state index contributed by atoms with van der Waals surface area (Å²) in [5.41, 5.74) is 0. The fourth-order valence-electron chi connectivity index (χ4n) is 0.828. The van der Waals surface area contributed by atoms with E-state index in [9.17, 15) is 0 Å². The van der Waals surface area contributed by atoms with Crippen LogP contribution in [0.4, 0.5) is 0 Å². The Morgan fingerprint density at radius 1 is 1.20 bits per heavy atom. The lowest BCUT2D eigenvalue weighted by molar-refractivity contribution is 0.343. The Kier molecular flexibility index (Phi) is 7.65. The van der Waals surface area contributed by atoms with E-state index in [2.05, 4.69) is 31.5 Å². The van der Waals surface area contributed by atoms with Crippen LogP contribution in [0.1, 0.15) is 26.2 Å². The van der Waals surface area contributed by atoms with E-state index in [1.165, 1.54) is 32.4 Å². The summed E-state index contributed by atoms with van der Waals surface area (Å²) in [6, 6.07) is 0. The third-order valence-electron chi connectivity index (χ3n) is 1.74. The molecule has 0 fully saturated rings. The lowest BCUT2D eigenvalue weighted by atomic mass is 10.2. The first-order chi connectivity index (χ1) is 4.81. The third-order valence-corrected chi connectivity index (χ3v) is 2.05. The predicted molar refractivity (Wildman–Crippen MR) is 50.9 cm³/mol. The molecule has 0 spiro atoms. The Morgan fingerprint density at radius 2 is 1.90 bits per heavy atom. The predicted octanol–water partition coefficient (Wildman–Crippen LogP) is 2.04. The lowest BCUT2D eigenvalue weighted by Gasteiger charge is -2.12. The molecule has 0 amide bonds. The van der Waals surface area contributed by atoms with E-state index in [0.717, 1.165) is 5.75 Å². The monoisotopic (exact) mass is 161 g/mol. The van der Waals surface area contributed by atoms with Crippen molar-refractivity contribution in [3.63, 3.8) is 0 Å². The Labute approximate surface area is 70.2 Å². The molecule has 0 unspecified atom stereocenters. The summed E-state index contributed by atoms with van der Waals surface area (Å²) in [4.78, 5) is 2.35. The average Bonchev–Trinajstić information content (AvgIpc) is 1.98. The van der Waals surface area contributed by atoms with Crippen molar-refractivity contribution in [1.82, 2.24) is 4.90 Å². The highest BCUT2D eigenvalue weighted by molar-refractivity contribution is 7.80. The SMILES string of the molecule is CCN(C)CCCCCS. The number of nitrogens with zero attached hydrogens (tertiary/aromatic N) is 1. The maximum Gasteiger partial charge on any atom is -0.00219 e. The lowest BCUT2D eigenvalue weighted by Crippen LogP contribution is -2.18. The third kappa shape index (κ3) is 6.43. The molecule has 2 heteroatoms. The van der Waals surface area contributed by atoms with Gasteiger partial charge in [0.25, 0.3) is 0 Å². The first-order valence-electron chi connectivity index (χ1n) is 4.10. The molecule has 0 N–H and O–H groups in total. The van der Waals surface area contributed by atoms with E-state index < -0.39 is 0 Å². The highest BCUT2D eigenvalue weighted by Gasteiger charge is 1.92. The minimum Gasteiger partial charge on any atom is -0.307 e. The molecular formula is C8H19NS. The van der Waals surface area contributed by atoms with Gasteiger partial charge in [-0.2, -0.15) is 12.6 Å². The topological polar surface area (TPSA) is 3.24 Å². The standard InChI is InChI=1S/C8H19NS/c1-3-9(2)7-5-4-6-8-10/h10H,3-8H2,1-2H3. The smallest absolute Gasteiger partial charge is 0.00219 e. The van der Waals surface area contributed by atoms with E-state index in [4.69, 9.17) is 0 Å². The van der Waals surface area contributed by atoms with Crippen LogP contribution in [0.15, 0.2) is 0 Å². The van der Waals surface area contributed by atoms with Gasteiger partial charge >= 0.3 is 0 Å². The second kappa shape index (κ2) is 7.42. The molecule has 0 aliphatic carbocycles. The Bertz CT molecular complexity index is 66.3. The molecule has 0 aliphatic rings. The zero-order valence-corrected chi connectivity index (χ0v) is 8.03. The summed E-state index contributed by atoms with van der Waals surface area (Å²) in [5.74, 6) is 1.04. The van der Waals surface area contributed by atoms with Crippen molar-refractivity contribution in [2.24, 2.45) is 0 Å².